The first kappa shape index (κ1) is 22.5. The van der Waals surface area contributed by atoms with E-state index in [1.165, 1.54) is 6.92 Å². The summed E-state index contributed by atoms with van der Waals surface area (Å²) in [5, 5.41) is 0.544. The molecule has 27 heavy (non-hydrogen) atoms. The van der Waals surface area contributed by atoms with Crippen LogP contribution in [0.3, 0.4) is 0 Å². The fraction of sp³-hybridized carbons (Fsp3) is 0.381. The third-order valence-corrected chi connectivity index (χ3v) is 4.00. The maximum atomic E-state index is 12.6. The van der Waals surface area contributed by atoms with Gasteiger partial charge in [0.25, 0.3) is 0 Å². The summed E-state index contributed by atoms with van der Waals surface area (Å²) >= 11 is 6.12. The van der Waals surface area contributed by atoms with Crippen molar-refractivity contribution < 1.29 is 23.9 Å². The molecule has 0 saturated carbocycles. The molecule has 0 radical (unpaired) electrons. The highest BCUT2D eigenvalue weighted by molar-refractivity contribution is 6.32. The molecule has 1 aromatic carbocycles. The van der Waals surface area contributed by atoms with Gasteiger partial charge < -0.3 is 9.47 Å². The van der Waals surface area contributed by atoms with E-state index in [-0.39, 0.29) is 31.8 Å². The average Bonchev–Trinajstić information content (AvgIpc) is 2.62. The van der Waals surface area contributed by atoms with Gasteiger partial charge in [0.2, 0.25) is 5.78 Å². The van der Waals surface area contributed by atoms with Crippen LogP contribution in [0, 0.1) is 17.3 Å². The number of carbonyl (C=O) groups is 3. The fourth-order valence-electron chi connectivity index (χ4n) is 2.32. The van der Waals surface area contributed by atoms with Crippen LogP contribution in [0.4, 0.5) is 0 Å². The molecule has 0 aromatic heterocycles. The Balaban J connectivity index is 3.24. The van der Waals surface area contributed by atoms with Crippen LogP contribution in [0.5, 0.6) is 0 Å². The zero-order chi connectivity index (χ0) is 20.3. The van der Waals surface area contributed by atoms with E-state index < -0.39 is 17.4 Å². The molecule has 0 aliphatic heterocycles. The second-order valence-electron chi connectivity index (χ2n) is 5.69. The summed E-state index contributed by atoms with van der Waals surface area (Å²) in [6.07, 6.45) is 3.19. The largest absolute Gasteiger partial charge is 0.465 e. The number of hydrogen-bond acceptors (Lipinski definition) is 5. The van der Waals surface area contributed by atoms with E-state index >= 15 is 0 Å². The predicted octanol–water partition coefficient (Wildman–Crippen LogP) is 3.84. The summed E-state index contributed by atoms with van der Waals surface area (Å²) in [7, 11) is 0. The average molecular weight is 391 g/mol. The van der Waals surface area contributed by atoms with Crippen LogP contribution in [-0.2, 0) is 23.9 Å². The zero-order valence-corrected chi connectivity index (χ0v) is 16.5. The predicted molar refractivity (Wildman–Crippen MR) is 104 cm³/mol. The highest BCUT2D eigenvalue weighted by atomic mass is 35.5. The quantitative estimate of drug-likeness (QED) is 0.292. The van der Waals surface area contributed by atoms with Gasteiger partial charge in [0.05, 0.1) is 13.2 Å². The maximum absolute atomic E-state index is 12.6. The van der Waals surface area contributed by atoms with Crippen molar-refractivity contribution in [3.63, 3.8) is 0 Å². The molecule has 0 unspecified atom stereocenters. The van der Waals surface area contributed by atoms with Crippen molar-refractivity contribution in [1.82, 2.24) is 0 Å². The highest BCUT2D eigenvalue weighted by Crippen LogP contribution is 2.32. The normalized spacial score (nSPS) is 10.8. The third-order valence-electron chi connectivity index (χ3n) is 3.66. The van der Waals surface area contributed by atoms with Gasteiger partial charge in [-0.15, -0.1) is 0 Å². The number of esters is 2. The summed E-state index contributed by atoms with van der Waals surface area (Å²) in [5.74, 6) is 3.14. The van der Waals surface area contributed by atoms with Crippen molar-refractivity contribution in [2.75, 3.05) is 13.2 Å². The molecular weight excluding hydrogens is 368 g/mol. The first-order valence-electron chi connectivity index (χ1n) is 8.62. The van der Waals surface area contributed by atoms with Crippen LogP contribution in [-0.4, -0.2) is 30.9 Å². The van der Waals surface area contributed by atoms with Gasteiger partial charge in [0.1, 0.15) is 0 Å². The second-order valence-corrected chi connectivity index (χ2v) is 6.09. The second kappa shape index (κ2) is 11.2. The van der Waals surface area contributed by atoms with Gasteiger partial charge in [-0.3, -0.25) is 14.4 Å². The van der Waals surface area contributed by atoms with E-state index in [9.17, 15) is 14.4 Å². The monoisotopic (exact) mass is 390 g/mol. The van der Waals surface area contributed by atoms with Gasteiger partial charge in [0, 0.05) is 18.4 Å². The van der Waals surface area contributed by atoms with E-state index in [0.717, 1.165) is 5.56 Å². The number of ketones is 1. The van der Waals surface area contributed by atoms with Crippen LogP contribution in [0.15, 0.2) is 30.3 Å². The fourth-order valence-corrected chi connectivity index (χ4v) is 2.52. The molecule has 0 heterocycles. The van der Waals surface area contributed by atoms with E-state index in [2.05, 4.69) is 11.8 Å². The molecule has 0 fully saturated rings. The molecule has 0 amide bonds. The van der Waals surface area contributed by atoms with Gasteiger partial charge in [-0.1, -0.05) is 47.9 Å². The number of halogens is 1. The summed E-state index contributed by atoms with van der Waals surface area (Å²) in [6.45, 7) is 4.81. The Bertz CT molecular complexity index is 752. The lowest BCUT2D eigenvalue weighted by atomic mass is 9.80. The number of ether oxygens (including phenoxy) is 2. The minimum Gasteiger partial charge on any atom is -0.465 e. The Hall–Kier alpha value is -2.58. The van der Waals surface area contributed by atoms with E-state index in [4.69, 9.17) is 21.1 Å². The lowest BCUT2D eigenvalue weighted by Crippen LogP contribution is -2.41. The van der Waals surface area contributed by atoms with Crippen molar-refractivity contribution >= 4 is 35.4 Å². The van der Waals surface area contributed by atoms with E-state index in [0.29, 0.717) is 5.02 Å². The Morgan fingerprint density at radius 2 is 1.70 bits per heavy atom. The standard InChI is InChI=1S/C21H23ClO5/c1-4-26-19(24)21(20(25)27-5-2,14-8-10-16(3)23)15-9-12-17-11-6-7-13-18(17)22/h6-7,9,11-13H,4-5,14-15H2,1-3H3/b12-9+. The molecule has 1 rings (SSSR count). The Kier molecular flexibility index (Phi) is 9.32. The van der Waals surface area contributed by atoms with Crippen molar-refractivity contribution in [2.24, 2.45) is 5.41 Å². The molecule has 6 heteroatoms. The third kappa shape index (κ3) is 6.58. The Morgan fingerprint density at radius 1 is 1.11 bits per heavy atom. The van der Waals surface area contributed by atoms with Crippen molar-refractivity contribution in [2.45, 2.75) is 33.6 Å². The van der Waals surface area contributed by atoms with Crippen LogP contribution in [0.1, 0.15) is 39.2 Å². The van der Waals surface area contributed by atoms with Crippen LogP contribution in [0.2, 0.25) is 5.02 Å². The van der Waals surface area contributed by atoms with E-state index in [1.54, 1.807) is 38.1 Å². The summed E-state index contributed by atoms with van der Waals surface area (Å²) < 4.78 is 10.2. The molecule has 0 N–H and O–H groups in total. The molecule has 0 atom stereocenters. The van der Waals surface area contributed by atoms with E-state index in [1.807, 2.05) is 12.1 Å². The number of rotatable bonds is 8. The molecule has 144 valence electrons. The van der Waals surface area contributed by atoms with Crippen LogP contribution < -0.4 is 0 Å². The van der Waals surface area contributed by atoms with Gasteiger partial charge >= 0.3 is 11.9 Å². The molecule has 1 aromatic rings. The number of benzene rings is 1. The molecule has 0 saturated heterocycles. The SMILES string of the molecule is CCOC(=O)C(CC#CC(C)=O)(C/C=C/c1ccccc1Cl)C(=O)OCC. The van der Waals surface area contributed by atoms with Crippen molar-refractivity contribution in [3.8, 4) is 11.8 Å². The Morgan fingerprint density at radius 3 is 2.22 bits per heavy atom. The number of allylic oxidation sites excluding steroid dienone is 1. The topological polar surface area (TPSA) is 69.7 Å². The lowest BCUT2D eigenvalue weighted by molar-refractivity contribution is -0.171. The molecule has 0 aliphatic carbocycles. The number of carbonyl (C=O) groups excluding carboxylic acids is 3. The summed E-state index contributed by atoms with van der Waals surface area (Å²) in [6, 6.07) is 7.18. The molecule has 0 bridgehead atoms. The number of hydrogen-bond donors (Lipinski definition) is 0. The Labute approximate surface area is 164 Å². The zero-order valence-electron chi connectivity index (χ0n) is 15.7. The van der Waals surface area contributed by atoms with Crippen molar-refractivity contribution in [3.05, 3.63) is 40.9 Å². The van der Waals surface area contributed by atoms with Gasteiger partial charge in [-0.25, -0.2) is 0 Å². The van der Waals surface area contributed by atoms with Gasteiger partial charge in [-0.05, 0) is 37.8 Å². The maximum Gasteiger partial charge on any atom is 0.324 e. The molecule has 0 aliphatic rings. The first-order valence-corrected chi connectivity index (χ1v) is 9.00. The summed E-state index contributed by atoms with van der Waals surface area (Å²) in [4.78, 5) is 36.4. The van der Waals surface area contributed by atoms with Gasteiger partial charge in [0.15, 0.2) is 5.41 Å². The van der Waals surface area contributed by atoms with Crippen molar-refractivity contribution in [1.29, 1.82) is 0 Å². The van der Waals surface area contributed by atoms with Crippen LogP contribution >= 0.6 is 11.6 Å². The molecule has 5 nitrogen and oxygen atoms in total. The minimum absolute atomic E-state index is 0.00245. The smallest absolute Gasteiger partial charge is 0.324 e. The lowest BCUT2D eigenvalue weighted by Gasteiger charge is -2.26. The number of Topliss-reactive ketones (excluding diaryl/α,β-unsaturated/α-hetero) is 1. The summed E-state index contributed by atoms with van der Waals surface area (Å²) in [5.41, 5.74) is -0.901. The highest BCUT2D eigenvalue weighted by Gasteiger charge is 2.47. The first-order chi connectivity index (χ1) is 12.9. The van der Waals surface area contributed by atoms with Gasteiger partial charge in [-0.2, -0.15) is 0 Å². The molecule has 0 spiro atoms. The van der Waals surface area contributed by atoms with Crippen LogP contribution in [0.25, 0.3) is 6.08 Å². The minimum atomic E-state index is -1.65. The molecular formula is C21H23ClO5.